The number of thiazole rings is 1. The molecule has 0 aromatic carbocycles. The molecule has 1 fully saturated rings. The van der Waals surface area contributed by atoms with E-state index in [1.807, 2.05) is 25.7 Å². The molecule has 0 unspecified atom stereocenters. The Balaban J connectivity index is 2.49. The van der Waals surface area contributed by atoms with Crippen molar-refractivity contribution in [1.82, 2.24) is 4.98 Å². The topological polar surface area (TPSA) is 96.5 Å². The van der Waals surface area contributed by atoms with Crippen molar-refractivity contribution >= 4 is 28.2 Å². The average Bonchev–Trinajstić information content (AvgIpc) is 2.94. The smallest absolute Gasteiger partial charge is 0.326 e. The van der Waals surface area contributed by atoms with Gasteiger partial charge in [0.25, 0.3) is 5.91 Å². The van der Waals surface area contributed by atoms with Crippen molar-refractivity contribution in [2.45, 2.75) is 45.1 Å². The average molecular weight is 297 g/mol. The number of rotatable bonds is 3. The second-order valence-corrected chi connectivity index (χ2v) is 6.95. The predicted octanol–water partition coefficient (Wildman–Crippen LogP) is 1.59. The molecule has 1 aliphatic rings. The number of primary amides is 1. The van der Waals surface area contributed by atoms with Crippen molar-refractivity contribution in [2.75, 3.05) is 11.4 Å². The Morgan fingerprint density at radius 2 is 2.10 bits per heavy atom. The highest BCUT2D eigenvalue weighted by atomic mass is 32.1. The van der Waals surface area contributed by atoms with Crippen molar-refractivity contribution in [1.29, 1.82) is 0 Å². The van der Waals surface area contributed by atoms with Gasteiger partial charge in [0.1, 0.15) is 11.0 Å². The largest absolute Gasteiger partial charge is 0.480 e. The zero-order valence-electron chi connectivity index (χ0n) is 11.8. The molecule has 2 heterocycles. The Hall–Kier alpha value is -1.63. The van der Waals surface area contributed by atoms with Crippen molar-refractivity contribution in [3.8, 4) is 0 Å². The number of aromatic nitrogens is 1. The van der Waals surface area contributed by atoms with Crippen LogP contribution < -0.4 is 10.6 Å². The van der Waals surface area contributed by atoms with E-state index in [4.69, 9.17) is 5.73 Å². The first-order valence-electron chi connectivity index (χ1n) is 6.52. The third-order valence-corrected chi connectivity index (χ3v) is 4.44. The van der Waals surface area contributed by atoms with Crippen LogP contribution in [-0.2, 0) is 10.2 Å². The van der Waals surface area contributed by atoms with Gasteiger partial charge in [-0.1, -0.05) is 32.1 Å². The van der Waals surface area contributed by atoms with Crippen molar-refractivity contribution < 1.29 is 14.7 Å². The number of carboxylic acid groups (broad SMARTS) is 1. The minimum absolute atomic E-state index is 0.237. The zero-order valence-corrected chi connectivity index (χ0v) is 12.7. The monoisotopic (exact) mass is 297 g/mol. The normalized spacial score (nSPS) is 19.4. The van der Waals surface area contributed by atoms with E-state index in [-0.39, 0.29) is 10.4 Å². The van der Waals surface area contributed by atoms with E-state index in [9.17, 15) is 14.7 Å². The SMILES string of the molecule is CC(C)(C)c1nc(C(N)=O)sc1N1CCC[C@H]1C(=O)O. The summed E-state index contributed by atoms with van der Waals surface area (Å²) >= 11 is 1.19. The minimum Gasteiger partial charge on any atom is -0.480 e. The quantitative estimate of drug-likeness (QED) is 0.883. The molecule has 0 bridgehead atoms. The highest BCUT2D eigenvalue weighted by Gasteiger charge is 2.36. The summed E-state index contributed by atoms with van der Waals surface area (Å²) in [4.78, 5) is 28.9. The first kappa shape index (κ1) is 14.8. The molecular formula is C13H19N3O3S. The van der Waals surface area contributed by atoms with Crippen molar-refractivity contribution in [3.05, 3.63) is 10.7 Å². The van der Waals surface area contributed by atoms with Crippen molar-refractivity contribution in [3.63, 3.8) is 0 Å². The summed E-state index contributed by atoms with van der Waals surface area (Å²) in [7, 11) is 0. The lowest BCUT2D eigenvalue weighted by Crippen LogP contribution is -2.36. The zero-order chi connectivity index (χ0) is 15.1. The highest BCUT2D eigenvalue weighted by molar-refractivity contribution is 7.17. The second kappa shape index (κ2) is 5.05. The van der Waals surface area contributed by atoms with Gasteiger partial charge in [0, 0.05) is 12.0 Å². The number of carbonyl (C=O) groups is 2. The van der Waals surface area contributed by atoms with Crippen LogP contribution in [-0.4, -0.2) is 34.6 Å². The lowest BCUT2D eigenvalue weighted by molar-refractivity contribution is -0.138. The maximum absolute atomic E-state index is 11.4. The van der Waals surface area contributed by atoms with E-state index >= 15 is 0 Å². The third kappa shape index (κ3) is 2.63. The van der Waals surface area contributed by atoms with Gasteiger partial charge in [-0.3, -0.25) is 4.79 Å². The van der Waals surface area contributed by atoms with Crippen LogP contribution in [0, 0.1) is 0 Å². The fourth-order valence-corrected chi connectivity index (χ4v) is 3.57. The Bertz CT molecular complexity index is 548. The molecule has 0 spiro atoms. The van der Waals surface area contributed by atoms with Crippen LogP contribution in [0.1, 0.15) is 49.1 Å². The summed E-state index contributed by atoms with van der Waals surface area (Å²) in [5, 5.41) is 10.3. The van der Waals surface area contributed by atoms with Crippen molar-refractivity contribution in [2.24, 2.45) is 5.73 Å². The summed E-state index contributed by atoms with van der Waals surface area (Å²) in [6.07, 6.45) is 1.44. The summed E-state index contributed by atoms with van der Waals surface area (Å²) in [6.45, 7) is 6.63. The molecule has 6 nitrogen and oxygen atoms in total. The van der Waals surface area contributed by atoms with E-state index in [0.717, 1.165) is 17.1 Å². The predicted molar refractivity (Wildman–Crippen MR) is 77.3 cm³/mol. The lowest BCUT2D eigenvalue weighted by Gasteiger charge is -2.26. The molecule has 1 saturated heterocycles. The maximum atomic E-state index is 11.4. The molecule has 20 heavy (non-hydrogen) atoms. The van der Waals surface area contributed by atoms with Gasteiger partial charge in [0.05, 0.1) is 5.69 Å². The first-order chi connectivity index (χ1) is 9.21. The molecule has 2 rings (SSSR count). The van der Waals surface area contributed by atoms with Crippen LogP contribution in [0.25, 0.3) is 0 Å². The number of hydrogen-bond acceptors (Lipinski definition) is 5. The van der Waals surface area contributed by atoms with Gasteiger partial charge >= 0.3 is 5.97 Å². The molecule has 7 heteroatoms. The Morgan fingerprint density at radius 1 is 1.45 bits per heavy atom. The van der Waals surface area contributed by atoms with Crippen LogP contribution >= 0.6 is 11.3 Å². The van der Waals surface area contributed by atoms with Gasteiger partial charge in [-0.25, -0.2) is 9.78 Å². The number of nitrogens with zero attached hydrogens (tertiary/aromatic N) is 2. The van der Waals surface area contributed by atoms with E-state index in [1.54, 1.807) is 0 Å². The molecule has 0 saturated carbocycles. The minimum atomic E-state index is -0.837. The fraction of sp³-hybridized carbons (Fsp3) is 0.615. The molecule has 1 amide bonds. The molecular weight excluding hydrogens is 278 g/mol. The summed E-state index contributed by atoms with van der Waals surface area (Å²) < 4.78 is 0. The van der Waals surface area contributed by atoms with Crippen LogP contribution in [0.3, 0.4) is 0 Å². The van der Waals surface area contributed by atoms with Gasteiger partial charge in [-0.2, -0.15) is 0 Å². The standard InChI is InChI=1S/C13H19N3O3S/c1-13(2,3)8-11(20-10(15-8)9(14)17)16-6-4-5-7(16)12(18)19/h7H,4-6H2,1-3H3,(H2,14,17)(H,18,19)/t7-/m0/s1. The van der Waals surface area contributed by atoms with Crippen LogP contribution in [0.5, 0.6) is 0 Å². The number of carboxylic acids is 1. The molecule has 110 valence electrons. The highest BCUT2D eigenvalue weighted by Crippen LogP contribution is 2.39. The Labute approximate surface area is 121 Å². The molecule has 1 aliphatic heterocycles. The summed E-state index contributed by atoms with van der Waals surface area (Å²) in [6, 6.07) is -0.544. The third-order valence-electron chi connectivity index (χ3n) is 3.33. The van der Waals surface area contributed by atoms with Gasteiger partial charge in [0.15, 0.2) is 5.01 Å². The van der Waals surface area contributed by atoms with Gasteiger partial charge < -0.3 is 15.7 Å². The number of aliphatic carboxylic acids is 1. The van der Waals surface area contributed by atoms with Gasteiger partial charge in [-0.05, 0) is 12.8 Å². The number of amides is 1. The van der Waals surface area contributed by atoms with Crippen LogP contribution in [0.15, 0.2) is 0 Å². The van der Waals surface area contributed by atoms with E-state index in [1.165, 1.54) is 11.3 Å². The number of hydrogen-bond donors (Lipinski definition) is 2. The number of carbonyl (C=O) groups excluding carboxylic acids is 1. The molecule has 1 aromatic heterocycles. The number of anilines is 1. The summed E-state index contributed by atoms with van der Waals surface area (Å²) in [5.74, 6) is -1.41. The Morgan fingerprint density at radius 3 is 2.60 bits per heavy atom. The van der Waals surface area contributed by atoms with E-state index in [2.05, 4.69) is 4.98 Å². The van der Waals surface area contributed by atoms with Crippen LogP contribution in [0.4, 0.5) is 5.00 Å². The van der Waals surface area contributed by atoms with E-state index < -0.39 is 17.9 Å². The first-order valence-corrected chi connectivity index (χ1v) is 7.34. The Kier molecular flexibility index (Phi) is 3.73. The molecule has 3 N–H and O–H groups in total. The maximum Gasteiger partial charge on any atom is 0.326 e. The van der Waals surface area contributed by atoms with Gasteiger partial charge in [0.2, 0.25) is 0 Å². The fourth-order valence-electron chi connectivity index (χ4n) is 2.37. The van der Waals surface area contributed by atoms with Gasteiger partial charge in [-0.15, -0.1) is 0 Å². The summed E-state index contributed by atoms with van der Waals surface area (Å²) in [5.41, 5.74) is 5.77. The molecule has 0 radical (unpaired) electrons. The number of nitrogens with two attached hydrogens (primary N) is 1. The lowest BCUT2D eigenvalue weighted by atomic mass is 9.92. The second-order valence-electron chi connectivity index (χ2n) is 5.98. The van der Waals surface area contributed by atoms with E-state index in [0.29, 0.717) is 13.0 Å². The van der Waals surface area contributed by atoms with Crippen LogP contribution in [0.2, 0.25) is 0 Å². The molecule has 1 aromatic rings. The molecule has 1 atom stereocenters. The molecule has 0 aliphatic carbocycles.